The van der Waals surface area contributed by atoms with E-state index in [0.717, 1.165) is 0 Å². The third kappa shape index (κ3) is 1.17. The number of rotatable bonds is 0. The zero-order chi connectivity index (χ0) is 11.3. The van der Waals surface area contributed by atoms with Crippen LogP contribution in [0.5, 0.6) is 0 Å². The number of para-hydroxylation sites is 1. The van der Waals surface area contributed by atoms with Crippen LogP contribution in [0, 0.1) is 0 Å². The summed E-state index contributed by atoms with van der Waals surface area (Å²) in [6.07, 6.45) is 3.89. The Bertz CT molecular complexity index is 546. The Kier molecular flexibility index (Phi) is 1.95. The predicted octanol–water partition coefficient (Wildman–Crippen LogP) is 3.79. The Morgan fingerprint density at radius 3 is 2.75 bits per heavy atom. The van der Waals surface area contributed by atoms with Crippen molar-refractivity contribution in [1.82, 2.24) is 4.57 Å². The molecule has 1 heteroatoms. The zero-order valence-corrected chi connectivity index (χ0v) is 10.4. The molecule has 0 fully saturated rings. The molecule has 84 valence electrons. The first-order valence-corrected chi connectivity index (χ1v) is 6.18. The van der Waals surface area contributed by atoms with E-state index < -0.39 is 0 Å². The normalized spacial score (nSPS) is 18.7. The Morgan fingerprint density at radius 1 is 1.19 bits per heavy atom. The quantitative estimate of drug-likeness (QED) is 0.627. The minimum Gasteiger partial charge on any atom is -0.347 e. The second-order valence-corrected chi connectivity index (χ2v) is 5.64. The van der Waals surface area contributed by atoms with E-state index in [1.807, 2.05) is 0 Å². The van der Waals surface area contributed by atoms with E-state index in [4.69, 9.17) is 0 Å². The number of hydrogen-bond acceptors (Lipinski definition) is 0. The van der Waals surface area contributed by atoms with Gasteiger partial charge in [0.1, 0.15) is 0 Å². The second-order valence-electron chi connectivity index (χ2n) is 5.64. The minimum absolute atomic E-state index is 0.335. The van der Waals surface area contributed by atoms with Crippen LogP contribution in [0.25, 0.3) is 10.9 Å². The van der Waals surface area contributed by atoms with E-state index in [9.17, 15) is 0 Å². The molecule has 0 unspecified atom stereocenters. The molecule has 1 aromatic carbocycles. The minimum atomic E-state index is 0.335. The summed E-state index contributed by atoms with van der Waals surface area (Å²) in [5.74, 6) is 0. The van der Waals surface area contributed by atoms with Crippen molar-refractivity contribution in [1.29, 1.82) is 0 Å². The van der Waals surface area contributed by atoms with Gasteiger partial charge in [-0.15, -0.1) is 0 Å². The highest BCUT2D eigenvalue weighted by Crippen LogP contribution is 2.41. The molecule has 1 aromatic heterocycles. The molecule has 3 rings (SSSR count). The summed E-state index contributed by atoms with van der Waals surface area (Å²) in [6, 6.07) is 8.81. The fourth-order valence-electron chi connectivity index (χ4n) is 3.41. The van der Waals surface area contributed by atoms with Crippen LogP contribution in [0.3, 0.4) is 0 Å². The van der Waals surface area contributed by atoms with Gasteiger partial charge in [-0.1, -0.05) is 32.0 Å². The summed E-state index contributed by atoms with van der Waals surface area (Å²) in [4.78, 5) is 0. The first kappa shape index (κ1) is 9.95. The van der Waals surface area contributed by atoms with E-state index in [2.05, 4.69) is 49.7 Å². The van der Waals surface area contributed by atoms with Gasteiger partial charge in [0, 0.05) is 29.1 Å². The molecule has 0 aliphatic heterocycles. The van der Waals surface area contributed by atoms with E-state index in [1.54, 1.807) is 11.3 Å². The second kappa shape index (κ2) is 3.13. The molecule has 0 saturated heterocycles. The number of fused-ring (bicyclic) bond motifs is 3. The Morgan fingerprint density at radius 2 is 1.94 bits per heavy atom. The van der Waals surface area contributed by atoms with Gasteiger partial charge in [-0.2, -0.15) is 0 Å². The van der Waals surface area contributed by atoms with Crippen molar-refractivity contribution in [3.63, 3.8) is 0 Å². The molecule has 1 aliphatic carbocycles. The number of hydrogen-bond donors (Lipinski definition) is 0. The Hall–Kier alpha value is -1.24. The summed E-state index contributed by atoms with van der Waals surface area (Å²) in [5, 5.41) is 1.47. The van der Waals surface area contributed by atoms with Crippen LogP contribution < -0.4 is 0 Å². The van der Waals surface area contributed by atoms with Crippen molar-refractivity contribution < 1.29 is 0 Å². The first-order valence-electron chi connectivity index (χ1n) is 6.18. The van der Waals surface area contributed by atoms with E-state index in [-0.39, 0.29) is 0 Å². The van der Waals surface area contributed by atoms with Crippen molar-refractivity contribution in [2.75, 3.05) is 0 Å². The number of aryl methyl sites for hydroxylation is 2. The molecule has 1 nitrogen and oxygen atoms in total. The number of benzene rings is 1. The van der Waals surface area contributed by atoms with Crippen molar-refractivity contribution in [3.8, 4) is 0 Å². The lowest BCUT2D eigenvalue weighted by Crippen LogP contribution is -2.26. The fourth-order valence-corrected chi connectivity index (χ4v) is 3.41. The van der Waals surface area contributed by atoms with Gasteiger partial charge in [-0.3, -0.25) is 0 Å². The van der Waals surface area contributed by atoms with Crippen LogP contribution >= 0.6 is 0 Å². The largest absolute Gasteiger partial charge is 0.347 e. The Labute approximate surface area is 97.1 Å². The van der Waals surface area contributed by atoms with Crippen LogP contribution in [0.4, 0.5) is 0 Å². The van der Waals surface area contributed by atoms with Gasteiger partial charge in [-0.05, 0) is 30.9 Å². The molecule has 0 radical (unpaired) electrons. The summed E-state index contributed by atoms with van der Waals surface area (Å²) in [7, 11) is 2.22. The maximum absolute atomic E-state index is 2.41. The molecule has 1 aliphatic rings. The van der Waals surface area contributed by atoms with Gasteiger partial charge in [-0.25, -0.2) is 0 Å². The van der Waals surface area contributed by atoms with Crippen LogP contribution in [0.15, 0.2) is 24.3 Å². The lowest BCUT2D eigenvalue weighted by atomic mass is 9.76. The van der Waals surface area contributed by atoms with Crippen LogP contribution in [-0.2, 0) is 18.9 Å². The molecule has 2 aromatic rings. The topological polar surface area (TPSA) is 4.93 Å². The third-order valence-corrected chi connectivity index (χ3v) is 4.08. The molecule has 0 bridgehead atoms. The highest BCUT2D eigenvalue weighted by molar-refractivity contribution is 5.86. The molecule has 0 spiro atoms. The third-order valence-electron chi connectivity index (χ3n) is 4.08. The monoisotopic (exact) mass is 213 g/mol. The molecule has 1 heterocycles. The van der Waals surface area contributed by atoms with Gasteiger partial charge in [0.2, 0.25) is 0 Å². The SMILES string of the molecule is Cn1c2c(c3ccccc31)CCCC2(C)C. The van der Waals surface area contributed by atoms with Gasteiger partial charge in [0.25, 0.3) is 0 Å². The van der Waals surface area contributed by atoms with Crippen molar-refractivity contribution in [2.45, 2.75) is 38.5 Å². The average molecular weight is 213 g/mol. The molecule has 0 amide bonds. The maximum Gasteiger partial charge on any atom is 0.0482 e. The predicted molar refractivity (Wildman–Crippen MR) is 68.9 cm³/mol. The van der Waals surface area contributed by atoms with E-state index in [0.29, 0.717) is 5.41 Å². The molecule has 0 N–H and O–H groups in total. The van der Waals surface area contributed by atoms with Gasteiger partial charge in [0.05, 0.1) is 0 Å². The van der Waals surface area contributed by atoms with Gasteiger partial charge >= 0.3 is 0 Å². The van der Waals surface area contributed by atoms with E-state index >= 15 is 0 Å². The summed E-state index contributed by atoms with van der Waals surface area (Å²) < 4.78 is 2.41. The summed E-state index contributed by atoms with van der Waals surface area (Å²) in [6.45, 7) is 4.76. The van der Waals surface area contributed by atoms with Crippen LogP contribution in [0.2, 0.25) is 0 Å². The summed E-state index contributed by atoms with van der Waals surface area (Å²) >= 11 is 0. The molecule has 0 saturated carbocycles. The zero-order valence-electron chi connectivity index (χ0n) is 10.4. The number of aromatic nitrogens is 1. The highest BCUT2D eigenvalue weighted by atomic mass is 15.0. The van der Waals surface area contributed by atoms with Crippen LogP contribution in [0.1, 0.15) is 37.9 Å². The van der Waals surface area contributed by atoms with Crippen molar-refractivity contribution in [2.24, 2.45) is 7.05 Å². The van der Waals surface area contributed by atoms with Crippen molar-refractivity contribution in [3.05, 3.63) is 35.5 Å². The van der Waals surface area contributed by atoms with E-state index in [1.165, 1.54) is 30.2 Å². The van der Waals surface area contributed by atoms with Crippen molar-refractivity contribution >= 4 is 10.9 Å². The average Bonchev–Trinajstić information content (AvgIpc) is 2.54. The first-order chi connectivity index (χ1) is 7.61. The standard InChI is InChI=1S/C15H19N/c1-15(2)10-6-8-12-11-7-4-5-9-13(11)16(3)14(12)15/h4-5,7,9H,6,8,10H2,1-3H3. The lowest BCUT2D eigenvalue weighted by Gasteiger charge is -2.31. The molecule has 16 heavy (non-hydrogen) atoms. The molecular formula is C15H19N. The fraction of sp³-hybridized carbons (Fsp3) is 0.467. The van der Waals surface area contributed by atoms with Gasteiger partial charge in [0.15, 0.2) is 0 Å². The van der Waals surface area contributed by atoms with Crippen LogP contribution in [-0.4, -0.2) is 4.57 Å². The highest BCUT2D eigenvalue weighted by Gasteiger charge is 2.31. The summed E-state index contributed by atoms with van der Waals surface area (Å²) in [5.41, 5.74) is 4.87. The number of nitrogens with zero attached hydrogens (tertiary/aromatic N) is 1. The maximum atomic E-state index is 2.41. The molecule has 0 atom stereocenters. The molecular weight excluding hydrogens is 194 g/mol. The smallest absolute Gasteiger partial charge is 0.0482 e. The lowest BCUT2D eigenvalue weighted by molar-refractivity contribution is 0.410. The Balaban J connectivity index is 2.42. The van der Waals surface area contributed by atoms with Gasteiger partial charge < -0.3 is 4.57 Å².